The summed E-state index contributed by atoms with van der Waals surface area (Å²) in [5.74, 6) is 1.42. The van der Waals surface area contributed by atoms with Crippen molar-refractivity contribution in [3.8, 4) is 17.1 Å². The lowest BCUT2D eigenvalue weighted by atomic mass is 10.2. The van der Waals surface area contributed by atoms with E-state index in [-0.39, 0.29) is 13.2 Å². The third-order valence-corrected chi connectivity index (χ3v) is 3.06. The van der Waals surface area contributed by atoms with E-state index in [9.17, 15) is 0 Å². The van der Waals surface area contributed by atoms with Crippen LogP contribution in [0.1, 0.15) is 0 Å². The molecule has 20 heavy (non-hydrogen) atoms. The number of aliphatic hydroxyl groups is 1. The average Bonchev–Trinajstić information content (AvgIpc) is 2.88. The number of hydrogen-bond donors (Lipinski definition) is 1. The summed E-state index contributed by atoms with van der Waals surface area (Å²) in [5.41, 5.74) is 1.65. The molecule has 0 bridgehead atoms. The molecule has 0 aliphatic rings. The Morgan fingerprint density at radius 3 is 2.65 bits per heavy atom. The van der Waals surface area contributed by atoms with Crippen molar-refractivity contribution in [2.45, 2.75) is 0 Å². The van der Waals surface area contributed by atoms with Gasteiger partial charge in [0, 0.05) is 11.8 Å². The number of hydrogen-bond acceptors (Lipinski definition) is 4. The predicted molar refractivity (Wildman–Crippen MR) is 76.0 cm³/mol. The molecule has 0 spiro atoms. The summed E-state index contributed by atoms with van der Waals surface area (Å²) in [4.78, 5) is 0. The molecule has 0 unspecified atom stereocenters. The van der Waals surface area contributed by atoms with Crippen LogP contribution in [0.2, 0.25) is 5.02 Å². The first-order valence-electron chi connectivity index (χ1n) is 6.12. The van der Waals surface area contributed by atoms with Crippen LogP contribution < -0.4 is 4.74 Å². The van der Waals surface area contributed by atoms with E-state index in [1.807, 2.05) is 34.7 Å². The van der Waals surface area contributed by atoms with Gasteiger partial charge in [-0.05, 0) is 36.4 Å². The fourth-order valence-corrected chi connectivity index (χ4v) is 2.09. The molecular weight excluding hydrogens is 278 g/mol. The van der Waals surface area contributed by atoms with Gasteiger partial charge in [0.1, 0.15) is 12.4 Å². The summed E-state index contributed by atoms with van der Waals surface area (Å²) in [6.45, 7) is 0.276. The molecule has 0 radical (unpaired) electrons. The van der Waals surface area contributed by atoms with Gasteiger partial charge in [-0.25, -0.2) is 0 Å². The Kier molecular flexibility index (Phi) is 3.54. The molecule has 3 aromatic rings. The van der Waals surface area contributed by atoms with Gasteiger partial charge in [-0.1, -0.05) is 11.6 Å². The summed E-state index contributed by atoms with van der Waals surface area (Å²) >= 11 is 6.00. The number of aliphatic hydroxyl groups excluding tert-OH is 1. The number of rotatable bonds is 4. The Morgan fingerprint density at radius 2 is 1.90 bits per heavy atom. The number of benzene rings is 1. The molecule has 0 amide bonds. The van der Waals surface area contributed by atoms with Crippen LogP contribution in [0.15, 0.2) is 42.6 Å². The first-order valence-corrected chi connectivity index (χ1v) is 6.50. The lowest BCUT2D eigenvalue weighted by molar-refractivity contribution is 0.201. The number of ether oxygens (including phenoxy) is 1. The van der Waals surface area contributed by atoms with Crippen LogP contribution in [-0.4, -0.2) is 32.9 Å². The Labute approximate surface area is 120 Å². The smallest absolute Gasteiger partial charge is 0.168 e. The minimum Gasteiger partial charge on any atom is -0.491 e. The van der Waals surface area contributed by atoms with Crippen molar-refractivity contribution in [1.29, 1.82) is 0 Å². The summed E-state index contributed by atoms with van der Waals surface area (Å²) in [6, 6.07) is 11.0. The normalized spacial score (nSPS) is 10.9. The van der Waals surface area contributed by atoms with Gasteiger partial charge in [-0.15, -0.1) is 10.2 Å². The second-order valence-corrected chi connectivity index (χ2v) is 4.63. The summed E-state index contributed by atoms with van der Waals surface area (Å²) in [6.07, 6.45) is 1.78. The third-order valence-electron chi connectivity index (χ3n) is 2.84. The van der Waals surface area contributed by atoms with Gasteiger partial charge in [0.15, 0.2) is 11.5 Å². The minimum absolute atomic E-state index is 0.00489. The summed E-state index contributed by atoms with van der Waals surface area (Å²) in [5, 5.41) is 17.6. The SMILES string of the molecule is OCCOc1ccc(-c2nnc3ccc(Cl)cn23)cc1. The molecule has 102 valence electrons. The Morgan fingerprint density at radius 1 is 1.10 bits per heavy atom. The monoisotopic (exact) mass is 289 g/mol. The van der Waals surface area contributed by atoms with Crippen LogP contribution >= 0.6 is 11.6 Å². The molecule has 5 nitrogen and oxygen atoms in total. The van der Waals surface area contributed by atoms with E-state index < -0.39 is 0 Å². The van der Waals surface area contributed by atoms with Crippen LogP contribution in [0.3, 0.4) is 0 Å². The zero-order chi connectivity index (χ0) is 13.9. The van der Waals surface area contributed by atoms with Crippen LogP contribution in [0.25, 0.3) is 17.0 Å². The topological polar surface area (TPSA) is 59.7 Å². The lowest BCUT2D eigenvalue weighted by Crippen LogP contribution is -2.01. The van der Waals surface area contributed by atoms with Crippen LogP contribution in [0.5, 0.6) is 5.75 Å². The van der Waals surface area contributed by atoms with E-state index in [0.717, 1.165) is 17.0 Å². The molecule has 1 N–H and O–H groups in total. The van der Waals surface area contributed by atoms with Gasteiger partial charge in [-0.2, -0.15) is 0 Å². The summed E-state index contributed by atoms with van der Waals surface area (Å²) < 4.78 is 7.16. The zero-order valence-corrected chi connectivity index (χ0v) is 11.3. The third kappa shape index (κ3) is 2.45. The molecule has 0 saturated heterocycles. The Hall–Kier alpha value is -2.11. The number of pyridine rings is 1. The van der Waals surface area contributed by atoms with E-state index in [1.165, 1.54) is 0 Å². The average molecular weight is 290 g/mol. The molecule has 0 fully saturated rings. The van der Waals surface area contributed by atoms with Crippen LogP contribution in [0.4, 0.5) is 0 Å². The van der Waals surface area contributed by atoms with Crippen molar-refractivity contribution in [3.63, 3.8) is 0 Å². The Balaban J connectivity index is 1.96. The number of aromatic nitrogens is 3. The van der Waals surface area contributed by atoms with E-state index in [2.05, 4.69) is 10.2 Å². The molecule has 0 aliphatic heterocycles. The van der Waals surface area contributed by atoms with Crippen molar-refractivity contribution < 1.29 is 9.84 Å². The van der Waals surface area contributed by atoms with Crippen molar-refractivity contribution >= 4 is 17.2 Å². The maximum Gasteiger partial charge on any atom is 0.168 e. The van der Waals surface area contributed by atoms with Gasteiger partial charge in [-0.3, -0.25) is 4.40 Å². The van der Waals surface area contributed by atoms with Crippen LogP contribution in [-0.2, 0) is 0 Å². The first-order chi connectivity index (χ1) is 9.78. The highest BCUT2D eigenvalue weighted by molar-refractivity contribution is 6.30. The highest BCUT2D eigenvalue weighted by Crippen LogP contribution is 2.22. The highest BCUT2D eigenvalue weighted by Gasteiger charge is 2.08. The van der Waals surface area contributed by atoms with Crippen molar-refractivity contribution in [3.05, 3.63) is 47.6 Å². The number of fused-ring (bicyclic) bond motifs is 1. The van der Waals surface area contributed by atoms with E-state index in [1.54, 1.807) is 12.3 Å². The molecule has 6 heteroatoms. The highest BCUT2D eigenvalue weighted by atomic mass is 35.5. The Bertz CT molecular complexity index is 725. The fourth-order valence-electron chi connectivity index (χ4n) is 1.93. The van der Waals surface area contributed by atoms with Gasteiger partial charge in [0.05, 0.1) is 11.6 Å². The molecule has 2 heterocycles. The molecule has 3 rings (SSSR count). The van der Waals surface area contributed by atoms with E-state index in [4.69, 9.17) is 21.4 Å². The van der Waals surface area contributed by atoms with Crippen molar-refractivity contribution in [2.24, 2.45) is 0 Å². The van der Waals surface area contributed by atoms with Crippen molar-refractivity contribution in [1.82, 2.24) is 14.6 Å². The van der Waals surface area contributed by atoms with Crippen LogP contribution in [0, 0.1) is 0 Å². The van der Waals surface area contributed by atoms with Gasteiger partial charge in [0.25, 0.3) is 0 Å². The second kappa shape index (κ2) is 5.48. The van der Waals surface area contributed by atoms with Gasteiger partial charge >= 0.3 is 0 Å². The van der Waals surface area contributed by atoms with Gasteiger partial charge < -0.3 is 9.84 Å². The zero-order valence-electron chi connectivity index (χ0n) is 10.5. The maximum atomic E-state index is 8.72. The standard InChI is InChI=1S/C14H12ClN3O2/c15-11-3-6-13-16-17-14(18(13)9-11)10-1-4-12(5-2-10)20-8-7-19/h1-6,9,19H,7-8H2. The second-order valence-electron chi connectivity index (χ2n) is 4.20. The minimum atomic E-state index is -0.00489. The number of nitrogens with zero attached hydrogens (tertiary/aromatic N) is 3. The van der Waals surface area contributed by atoms with E-state index >= 15 is 0 Å². The molecule has 0 aliphatic carbocycles. The largest absolute Gasteiger partial charge is 0.491 e. The molecule has 2 aromatic heterocycles. The predicted octanol–water partition coefficient (Wildman–Crippen LogP) is 2.42. The quantitative estimate of drug-likeness (QED) is 0.801. The first kappa shape index (κ1) is 12.9. The molecular formula is C14H12ClN3O2. The van der Waals surface area contributed by atoms with Crippen molar-refractivity contribution in [2.75, 3.05) is 13.2 Å². The molecule has 0 atom stereocenters. The maximum absolute atomic E-state index is 8.72. The van der Waals surface area contributed by atoms with E-state index in [0.29, 0.717) is 10.8 Å². The van der Waals surface area contributed by atoms with Gasteiger partial charge in [0.2, 0.25) is 0 Å². The lowest BCUT2D eigenvalue weighted by Gasteiger charge is -2.05. The number of halogens is 1. The fraction of sp³-hybridized carbons (Fsp3) is 0.143. The summed E-state index contributed by atoms with van der Waals surface area (Å²) in [7, 11) is 0. The molecule has 0 saturated carbocycles. The molecule has 1 aromatic carbocycles.